The number of carbonyl (C=O) groups is 2. The van der Waals surface area contributed by atoms with Crippen molar-refractivity contribution in [3.63, 3.8) is 0 Å². The molecule has 0 aromatic heterocycles. The molecule has 0 aromatic rings. The number of amides is 2. The van der Waals surface area contributed by atoms with Crippen molar-refractivity contribution in [3.05, 3.63) is 11.3 Å². The zero-order valence-corrected chi connectivity index (χ0v) is 13.7. The molecule has 9 heteroatoms. The highest BCUT2D eigenvalue weighted by atomic mass is 35.5. The molecule has 22 heavy (non-hydrogen) atoms. The molecule has 0 unspecified atom stereocenters. The van der Waals surface area contributed by atoms with E-state index in [1.54, 1.807) is 4.90 Å². The highest BCUT2D eigenvalue weighted by Crippen LogP contribution is 2.39. The van der Waals surface area contributed by atoms with Crippen LogP contribution in [-0.2, 0) is 24.2 Å². The third kappa shape index (κ3) is 2.16. The van der Waals surface area contributed by atoms with Gasteiger partial charge in [-0.05, 0) is 18.4 Å². The Morgan fingerprint density at radius 1 is 1.36 bits per heavy atom. The van der Waals surface area contributed by atoms with Gasteiger partial charge >= 0.3 is 0 Å². The van der Waals surface area contributed by atoms with Crippen LogP contribution >= 0.6 is 11.6 Å². The van der Waals surface area contributed by atoms with Crippen LogP contribution in [0.15, 0.2) is 11.3 Å². The first-order valence-corrected chi connectivity index (χ1v) is 9.32. The van der Waals surface area contributed by atoms with Gasteiger partial charge < -0.3 is 9.64 Å². The van der Waals surface area contributed by atoms with Crippen molar-refractivity contribution < 1.29 is 22.7 Å². The average Bonchev–Trinajstić information content (AvgIpc) is 3.00. The lowest BCUT2D eigenvalue weighted by Crippen LogP contribution is -2.71. The third-order valence-corrected chi connectivity index (χ3v) is 6.59. The number of carbonyl (C=O) groups excluding carboxylic acids is 2. The molecule has 0 aromatic carbocycles. The Bertz CT molecular complexity index is 653. The number of β-lactam (4-membered cyclic amide) rings is 1. The maximum atomic E-state index is 12.7. The molecule has 0 saturated carbocycles. The number of nitrogens with zero attached hydrogens (tertiary/aromatic N) is 2. The molecule has 0 N–H and O–H groups in total. The molecule has 0 aliphatic carbocycles. The van der Waals surface area contributed by atoms with E-state index in [1.807, 2.05) is 0 Å². The molecule has 2 amide bonds. The summed E-state index contributed by atoms with van der Waals surface area (Å²) < 4.78 is 29.6. The number of ether oxygens (including phenoxy) is 1. The smallest absolute Gasteiger partial charge is 0.270 e. The summed E-state index contributed by atoms with van der Waals surface area (Å²) in [5.74, 6) is -1.21. The first kappa shape index (κ1) is 15.8. The number of hydrogen-bond acceptors (Lipinski definition) is 5. The zero-order valence-electron chi connectivity index (χ0n) is 12.1. The van der Waals surface area contributed by atoms with Gasteiger partial charge in [0.2, 0.25) is 0 Å². The topological polar surface area (TPSA) is 84.0 Å². The van der Waals surface area contributed by atoms with Crippen LogP contribution in [0.2, 0.25) is 0 Å². The Labute approximate surface area is 133 Å². The monoisotopic (exact) mass is 348 g/mol. The van der Waals surface area contributed by atoms with Crippen LogP contribution in [-0.4, -0.2) is 73.3 Å². The molecule has 3 aliphatic rings. The summed E-state index contributed by atoms with van der Waals surface area (Å²) in [5.41, 5.74) is 0.424. The molecule has 3 aliphatic heterocycles. The maximum Gasteiger partial charge on any atom is 0.270 e. The zero-order chi connectivity index (χ0) is 16.1. The van der Waals surface area contributed by atoms with Crippen molar-refractivity contribution >= 4 is 33.3 Å². The van der Waals surface area contributed by atoms with Crippen molar-refractivity contribution in [2.24, 2.45) is 0 Å². The number of rotatable bonds is 3. The molecule has 2 atom stereocenters. The maximum absolute atomic E-state index is 12.7. The summed E-state index contributed by atoms with van der Waals surface area (Å²) in [4.78, 5) is 27.6. The van der Waals surface area contributed by atoms with Crippen LogP contribution in [0.1, 0.15) is 12.8 Å². The average molecular weight is 349 g/mol. The van der Waals surface area contributed by atoms with Crippen LogP contribution < -0.4 is 0 Å². The number of methoxy groups -OCH3 is 1. The van der Waals surface area contributed by atoms with E-state index in [0.29, 0.717) is 13.1 Å². The quantitative estimate of drug-likeness (QED) is 0.517. The Balaban J connectivity index is 2.03. The summed E-state index contributed by atoms with van der Waals surface area (Å²) in [6, 6.07) is 0. The van der Waals surface area contributed by atoms with E-state index < -0.39 is 27.2 Å². The van der Waals surface area contributed by atoms with Gasteiger partial charge in [-0.25, -0.2) is 8.42 Å². The van der Waals surface area contributed by atoms with Gasteiger partial charge in [0.05, 0.1) is 5.75 Å². The molecule has 0 spiro atoms. The Hall–Kier alpha value is -1.12. The van der Waals surface area contributed by atoms with E-state index in [-0.39, 0.29) is 28.8 Å². The fourth-order valence-electron chi connectivity index (χ4n) is 3.23. The highest BCUT2D eigenvalue weighted by Gasteiger charge is 2.60. The lowest BCUT2D eigenvalue weighted by molar-refractivity contribution is -0.161. The van der Waals surface area contributed by atoms with Crippen LogP contribution in [0.4, 0.5) is 0 Å². The lowest BCUT2D eigenvalue weighted by Gasteiger charge is -2.49. The van der Waals surface area contributed by atoms with Gasteiger partial charge in [0, 0.05) is 26.1 Å². The summed E-state index contributed by atoms with van der Waals surface area (Å²) in [5, 5.41) is -1.11. The van der Waals surface area contributed by atoms with Crippen molar-refractivity contribution in [1.82, 2.24) is 9.80 Å². The first-order valence-electron chi connectivity index (χ1n) is 7.07. The number of halogens is 1. The van der Waals surface area contributed by atoms with Crippen molar-refractivity contribution in [1.29, 1.82) is 0 Å². The van der Waals surface area contributed by atoms with Gasteiger partial charge in [0.25, 0.3) is 11.8 Å². The molecule has 2 fully saturated rings. The molecule has 2 saturated heterocycles. The molecule has 0 bridgehead atoms. The van der Waals surface area contributed by atoms with Gasteiger partial charge in [-0.3, -0.25) is 14.5 Å². The van der Waals surface area contributed by atoms with Crippen LogP contribution in [0.25, 0.3) is 0 Å². The lowest BCUT2D eigenvalue weighted by atomic mass is 10.0. The van der Waals surface area contributed by atoms with Crippen molar-refractivity contribution in [3.8, 4) is 0 Å². The normalized spacial score (nSPS) is 30.4. The SMILES string of the molecule is CO[C@H]1C(=O)N2C(C(=O)N3CCCC3)=C(CCl)CS(=O)(=O)[C@H]12. The second kappa shape index (κ2) is 5.50. The summed E-state index contributed by atoms with van der Waals surface area (Å²) in [7, 11) is -2.31. The molecule has 122 valence electrons. The van der Waals surface area contributed by atoms with E-state index in [0.717, 1.165) is 17.7 Å². The number of fused-ring (bicyclic) bond motifs is 1. The van der Waals surface area contributed by atoms with Crippen LogP contribution in [0.3, 0.4) is 0 Å². The van der Waals surface area contributed by atoms with E-state index in [9.17, 15) is 18.0 Å². The van der Waals surface area contributed by atoms with Crippen LogP contribution in [0.5, 0.6) is 0 Å². The van der Waals surface area contributed by atoms with Crippen molar-refractivity contribution in [2.45, 2.75) is 24.3 Å². The fraction of sp³-hybridized carbons (Fsp3) is 0.692. The number of alkyl halides is 1. The minimum absolute atomic E-state index is 0.0949. The first-order chi connectivity index (χ1) is 10.4. The second-order valence-electron chi connectivity index (χ2n) is 5.65. The van der Waals surface area contributed by atoms with Gasteiger partial charge in [-0.2, -0.15) is 0 Å². The predicted molar refractivity (Wildman–Crippen MR) is 78.8 cm³/mol. The number of likely N-dealkylation sites (tertiary alicyclic amines) is 1. The minimum Gasteiger partial charge on any atom is -0.368 e. The fourth-order valence-corrected chi connectivity index (χ4v) is 5.60. The second-order valence-corrected chi connectivity index (χ2v) is 8.01. The Kier molecular flexibility index (Phi) is 3.94. The Morgan fingerprint density at radius 2 is 2.00 bits per heavy atom. The molecule has 7 nitrogen and oxygen atoms in total. The highest BCUT2D eigenvalue weighted by molar-refractivity contribution is 7.92. The van der Waals surface area contributed by atoms with E-state index in [1.165, 1.54) is 7.11 Å². The predicted octanol–water partition coefficient (Wildman–Crippen LogP) is -0.287. The van der Waals surface area contributed by atoms with E-state index >= 15 is 0 Å². The molecular weight excluding hydrogens is 332 g/mol. The van der Waals surface area contributed by atoms with Gasteiger partial charge in [0.15, 0.2) is 21.3 Å². The van der Waals surface area contributed by atoms with Gasteiger partial charge in [0.1, 0.15) is 5.70 Å². The Morgan fingerprint density at radius 3 is 2.55 bits per heavy atom. The number of sulfone groups is 1. The molecule has 0 radical (unpaired) electrons. The van der Waals surface area contributed by atoms with E-state index in [4.69, 9.17) is 16.3 Å². The van der Waals surface area contributed by atoms with Crippen molar-refractivity contribution in [2.75, 3.05) is 31.8 Å². The third-order valence-electron chi connectivity index (χ3n) is 4.32. The standard InChI is InChI=1S/C13H17ClN2O5S/c1-21-10-12(18)16-9(11(17)15-4-2-3-5-15)8(6-14)7-22(19,20)13(10)16/h10,13H,2-7H2,1H3/t10-,13+/m0/s1. The number of hydrogen-bond donors (Lipinski definition) is 0. The van der Waals surface area contributed by atoms with E-state index in [2.05, 4.69) is 0 Å². The molecule has 3 heterocycles. The summed E-state index contributed by atoms with van der Waals surface area (Å²) >= 11 is 5.85. The summed E-state index contributed by atoms with van der Waals surface area (Å²) in [6.45, 7) is 1.23. The minimum atomic E-state index is -3.60. The van der Waals surface area contributed by atoms with Gasteiger partial charge in [-0.15, -0.1) is 11.6 Å². The molecular formula is C13H17ClN2O5S. The van der Waals surface area contributed by atoms with Crippen LogP contribution in [0, 0.1) is 0 Å². The van der Waals surface area contributed by atoms with Gasteiger partial charge in [-0.1, -0.05) is 0 Å². The molecule has 3 rings (SSSR count). The summed E-state index contributed by atoms with van der Waals surface area (Å²) in [6.07, 6.45) is 0.778. The largest absolute Gasteiger partial charge is 0.368 e.